The van der Waals surface area contributed by atoms with Gasteiger partial charge in [-0.15, -0.1) is 0 Å². The molecule has 21 heavy (non-hydrogen) atoms. The fourth-order valence-corrected chi connectivity index (χ4v) is 4.12. The number of rotatable bonds is 3. The van der Waals surface area contributed by atoms with Crippen molar-refractivity contribution >= 4 is 10.0 Å². The smallest absolute Gasteiger partial charge is 0.245 e. The molecule has 0 saturated carbocycles. The van der Waals surface area contributed by atoms with Gasteiger partial charge in [0.05, 0.1) is 4.90 Å². The maximum atomic E-state index is 13.0. The summed E-state index contributed by atoms with van der Waals surface area (Å²) in [5, 5.41) is 3.70. The fourth-order valence-electron chi connectivity index (χ4n) is 2.47. The summed E-state index contributed by atoms with van der Waals surface area (Å²) in [7, 11) is -3.70. The standard InChI is InChI=1S/C13H14FN3O3S/c1-9-15-13(20-16-9)12-3-2-8-17(12)21(18,19)11-6-4-10(14)5-7-11/h4-7,12H,2-3,8H2,1H3. The van der Waals surface area contributed by atoms with Crippen LogP contribution in [0.25, 0.3) is 0 Å². The first kappa shape index (κ1) is 14.2. The first-order valence-corrected chi connectivity index (χ1v) is 8.00. The molecule has 0 amide bonds. The van der Waals surface area contributed by atoms with E-state index >= 15 is 0 Å². The van der Waals surface area contributed by atoms with Crippen LogP contribution in [0.4, 0.5) is 4.39 Å². The van der Waals surface area contributed by atoms with Crippen molar-refractivity contribution in [1.29, 1.82) is 0 Å². The van der Waals surface area contributed by atoms with E-state index in [1.807, 2.05) is 0 Å². The Balaban J connectivity index is 1.96. The summed E-state index contributed by atoms with van der Waals surface area (Å²) in [5.41, 5.74) is 0. The van der Waals surface area contributed by atoms with Crippen molar-refractivity contribution in [3.05, 3.63) is 41.8 Å². The van der Waals surface area contributed by atoms with Crippen LogP contribution in [0.1, 0.15) is 30.6 Å². The van der Waals surface area contributed by atoms with E-state index in [1.54, 1.807) is 6.92 Å². The van der Waals surface area contributed by atoms with E-state index in [0.717, 1.165) is 12.1 Å². The van der Waals surface area contributed by atoms with Crippen LogP contribution >= 0.6 is 0 Å². The number of hydrogen-bond donors (Lipinski definition) is 0. The summed E-state index contributed by atoms with van der Waals surface area (Å²) in [6, 6.07) is 4.34. The van der Waals surface area contributed by atoms with Crippen molar-refractivity contribution in [2.24, 2.45) is 0 Å². The number of aryl methyl sites for hydroxylation is 1. The number of nitrogens with zero attached hydrogens (tertiary/aromatic N) is 3. The predicted molar refractivity (Wildman–Crippen MR) is 71.3 cm³/mol. The second-order valence-electron chi connectivity index (χ2n) is 4.91. The minimum atomic E-state index is -3.70. The Hall–Kier alpha value is -1.80. The van der Waals surface area contributed by atoms with Crippen LogP contribution in [0.15, 0.2) is 33.7 Å². The van der Waals surface area contributed by atoms with Crippen molar-refractivity contribution in [3.8, 4) is 0 Å². The summed E-state index contributed by atoms with van der Waals surface area (Å²) in [6.45, 7) is 2.06. The molecular formula is C13H14FN3O3S. The van der Waals surface area contributed by atoms with Gasteiger partial charge in [0.25, 0.3) is 0 Å². The molecule has 1 aromatic heterocycles. The van der Waals surface area contributed by atoms with E-state index in [0.29, 0.717) is 31.1 Å². The normalized spacial score (nSPS) is 20.0. The van der Waals surface area contributed by atoms with Crippen LogP contribution in [-0.2, 0) is 10.0 Å². The molecule has 0 N–H and O–H groups in total. The first-order chi connectivity index (χ1) is 9.98. The summed E-state index contributed by atoms with van der Waals surface area (Å²) in [6.07, 6.45) is 1.34. The summed E-state index contributed by atoms with van der Waals surface area (Å²) >= 11 is 0. The lowest BCUT2D eigenvalue weighted by Gasteiger charge is -2.21. The second-order valence-corrected chi connectivity index (χ2v) is 6.80. The van der Waals surface area contributed by atoms with Gasteiger partial charge in [0.15, 0.2) is 5.82 Å². The highest BCUT2D eigenvalue weighted by Crippen LogP contribution is 2.35. The summed E-state index contributed by atoms with van der Waals surface area (Å²) in [5.74, 6) is 0.297. The van der Waals surface area contributed by atoms with Gasteiger partial charge in [-0.1, -0.05) is 5.16 Å². The third-order valence-corrected chi connectivity index (χ3v) is 5.37. The average Bonchev–Trinajstić information content (AvgIpc) is 3.07. The number of benzene rings is 1. The lowest BCUT2D eigenvalue weighted by molar-refractivity contribution is 0.289. The van der Waals surface area contributed by atoms with Gasteiger partial charge >= 0.3 is 0 Å². The molecule has 0 aliphatic carbocycles. The van der Waals surface area contributed by atoms with Crippen molar-refractivity contribution in [2.45, 2.75) is 30.7 Å². The van der Waals surface area contributed by atoms with Crippen LogP contribution in [0.5, 0.6) is 0 Å². The van der Waals surface area contributed by atoms with Gasteiger partial charge in [-0.25, -0.2) is 12.8 Å². The SMILES string of the molecule is Cc1noc(C2CCCN2S(=O)(=O)c2ccc(F)cc2)n1. The largest absolute Gasteiger partial charge is 0.338 e. The van der Waals surface area contributed by atoms with Crippen LogP contribution in [0.3, 0.4) is 0 Å². The number of hydrogen-bond acceptors (Lipinski definition) is 5. The van der Waals surface area contributed by atoms with Gasteiger partial charge in [0.2, 0.25) is 15.9 Å². The van der Waals surface area contributed by atoms with Crippen molar-refractivity contribution in [1.82, 2.24) is 14.4 Å². The first-order valence-electron chi connectivity index (χ1n) is 6.56. The van der Waals surface area contributed by atoms with E-state index in [2.05, 4.69) is 10.1 Å². The third-order valence-electron chi connectivity index (χ3n) is 3.45. The molecule has 1 aromatic carbocycles. The molecule has 0 bridgehead atoms. The maximum absolute atomic E-state index is 13.0. The average molecular weight is 311 g/mol. The molecule has 1 fully saturated rings. The fraction of sp³-hybridized carbons (Fsp3) is 0.385. The highest BCUT2D eigenvalue weighted by Gasteiger charge is 2.39. The number of sulfonamides is 1. The molecule has 1 atom stereocenters. The molecule has 0 spiro atoms. The minimum Gasteiger partial charge on any atom is -0.338 e. The molecule has 6 nitrogen and oxygen atoms in total. The zero-order chi connectivity index (χ0) is 15.0. The molecule has 112 valence electrons. The Morgan fingerprint density at radius 3 is 2.67 bits per heavy atom. The summed E-state index contributed by atoms with van der Waals surface area (Å²) in [4.78, 5) is 4.18. The van der Waals surface area contributed by atoms with Crippen LogP contribution in [0, 0.1) is 12.7 Å². The third kappa shape index (κ3) is 2.56. The van der Waals surface area contributed by atoms with Gasteiger partial charge < -0.3 is 4.52 Å². The maximum Gasteiger partial charge on any atom is 0.245 e. The van der Waals surface area contributed by atoms with Gasteiger partial charge in [0, 0.05) is 6.54 Å². The quantitative estimate of drug-likeness (QED) is 0.867. The lowest BCUT2D eigenvalue weighted by atomic mass is 10.2. The Morgan fingerprint density at radius 1 is 1.33 bits per heavy atom. The van der Waals surface area contributed by atoms with Crippen LogP contribution in [-0.4, -0.2) is 29.4 Å². The molecule has 3 rings (SSSR count). The molecule has 1 unspecified atom stereocenters. The monoisotopic (exact) mass is 311 g/mol. The topological polar surface area (TPSA) is 76.3 Å². The van der Waals surface area contributed by atoms with Crippen LogP contribution < -0.4 is 0 Å². The van der Waals surface area contributed by atoms with E-state index in [-0.39, 0.29) is 4.90 Å². The Bertz CT molecular complexity index is 742. The van der Waals surface area contributed by atoms with Gasteiger partial charge in [-0.2, -0.15) is 9.29 Å². The van der Waals surface area contributed by atoms with E-state index in [9.17, 15) is 12.8 Å². The zero-order valence-corrected chi connectivity index (χ0v) is 12.2. The Labute approximate surface area is 121 Å². The molecule has 1 saturated heterocycles. The second kappa shape index (κ2) is 5.19. The van der Waals surface area contributed by atoms with Crippen LogP contribution in [0.2, 0.25) is 0 Å². The molecule has 2 heterocycles. The molecule has 1 aliphatic rings. The molecule has 8 heteroatoms. The van der Waals surface area contributed by atoms with Gasteiger partial charge in [-0.05, 0) is 44.0 Å². The minimum absolute atomic E-state index is 0.0621. The van der Waals surface area contributed by atoms with Gasteiger partial charge in [0.1, 0.15) is 11.9 Å². The van der Waals surface area contributed by atoms with E-state index in [1.165, 1.54) is 16.4 Å². The van der Waals surface area contributed by atoms with Gasteiger partial charge in [-0.3, -0.25) is 0 Å². The highest BCUT2D eigenvalue weighted by molar-refractivity contribution is 7.89. The Kier molecular flexibility index (Phi) is 3.50. The number of aromatic nitrogens is 2. The zero-order valence-electron chi connectivity index (χ0n) is 11.4. The molecule has 2 aromatic rings. The lowest BCUT2D eigenvalue weighted by Crippen LogP contribution is -2.30. The van der Waals surface area contributed by atoms with Crippen molar-refractivity contribution in [3.63, 3.8) is 0 Å². The van der Waals surface area contributed by atoms with E-state index in [4.69, 9.17) is 4.52 Å². The number of halogens is 1. The predicted octanol–water partition coefficient (Wildman–Crippen LogP) is 2.04. The Morgan fingerprint density at radius 2 is 2.05 bits per heavy atom. The van der Waals surface area contributed by atoms with Crippen molar-refractivity contribution in [2.75, 3.05) is 6.54 Å². The summed E-state index contributed by atoms with van der Waals surface area (Å²) < 4.78 is 44.7. The molecular weight excluding hydrogens is 297 g/mol. The molecule has 0 radical (unpaired) electrons. The highest BCUT2D eigenvalue weighted by atomic mass is 32.2. The molecule has 1 aliphatic heterocycles. The van der Waals surface area contributed by atoms with Crippen molar-refractivity contribution < 1.29 is 17.3 Å². The van der Waals surface area contributed by atoms with E-state index < -0.39 is 21.9 Å².